The number of amides is 2. The monoisotopic (exact) mass is 494 g/mol. The van der Waals surface area contributed by atoms with Crippen molar-refractivity contribution in [1.29, 1.82) is 0 Å². The summed E-state index contributed by atoms with van der Waals surface area (Å²) in [6, 6.07) is 4.75. The Morgan fingerprint density at radius 1 is 1.12 bits per heavy atom. The number of aryl methyl sites for hydroxylation is 1. The quantitative estimate of drug-likeness (QED) is 0.540. The number of benzene rings is 1. The molecule has 1 N–H and O–H groups in total. The number of piperidine rings is 1. The maximum absolute atomic E-state index is 13.3. The van der Waals surface area contributed by atoms with Gasteiger partial charge in [0.1, 0.15) is 0 Å². The van der Waals surface area contributed by atoms with Crippen molar-refractivity contribution in [2.24, 2.45) is 11.3 Å². The molecule has 0 bridgehead atoms. The SMILES string of the molecule is CCN(CC)S(=O)(=O)c1ccc(C)c(C(=O)N2CCC(C(=O)NCC(C)(C)CN(C)C)CC2)c1. The predicted octanol–water partition coefficient (Wildman–Crippen LogP) is 2.58. The van der Waals surface area contributed by atoms with Crippen molar-refractivity contribution < 1.29 is 18.0 Å². The van der Waals surface area contributed by atoms with Crippen molar-refractivity contribution in [2.75, 3.05) is 53.4 Å². The van der Waals surface area contributed by atoms with Gasteiger partial charge in [0.25, 0.3) is 5.91 Å². The highest BCUT2D eigenvalue weighted by Crippen LogP contribution is 2.24. The van der Waals surface area contributed by atoms with Gasteiger partial charge in [0.15, 0.2) is 0 Å². The Labute approximate surface area is 205 Å². The van der Waals surface area contributed by atoms with Crippen molar-refractivity contribution in [2.45, 2.75) is 52.4 Å². The molecule has 0 unspecified atom stereocenters. The van der Waals surface area contributed by atoms with Crippen LogP contribution in [-0.2, 0) is 14.8 Å². The van der Waals surface area contributed by atoms with E-state index in [0.717, 1.165) is 12.1 Å². The maximum atomic E-state index is 13.3. The topological polar surface area (TPSA) is 90.0 Å². The summed E-state index contributed by atoms with van der Waals surface area (Å²) in [5, 5.41) is 3.09. The Balaban J connectivity index is 2.04. The first-order valence-electron chi connectivity index (χ1n) is 12.1. The fraction of sp³-hybridized carbons (Fsp3) is 0.680. The highest BCUT2D eigenvalue weighted by molar-refractivity contribution is 7.89. The zero-order chi connectivity index (χ0) is 25.7. The molecule has 2 amide bonds. The van der Waals surface area contributed by atoms with Crippen LogP contribution in [0.3, 0.4) is 0 Å². The van der Waals surface area contributed by atoms with E-state index < -0.39 is 10.0 Å². The van der Waals surface area contributed by atoms with E-state index in [-0.39, 0.29) is 28.0 Å². The van der Waals surface area contributed by atoms with Crippen LogP contribution in [0.1, 0.15) is 56.5 Å². The minimum atomic E-state index is -3.64. The Bertz CT molecular complexity index is 963. The fourth-order valence-corrected chi connectivity index (χ4v) is 6.09. The largest absolute Gasteiger partial charge is 0.355 e. The summed E-state index contributed by atoms with van der Waals surface area (Å²) in [6.45, 7) is 12.9. The fourth-order valence-electron chi connectivity index (χ4n) is 4.60. The van der Waals surface area contributed by atoms with Crippen molar-refractivity contribution >= 4 is 21.8 Å². The van der Waals surface area contributed by atoms with E-state index in [9.17, 15) is 18.0 Å². The van der Waals surface area contributed by atoms with Gasteiger partial charge in [0.05, 0.1) is 4.90 Å². The number of hydrogen-bond donors (Lipinski definition) is 1. The van der Waals surface area contributed by atoms with Crippen LogP contribution in [0.25, 0.3) is 0 Å². The van der Waals surface area contributed by atoms with Gasteiger partial charge in [0.2, 0.25) is 15.9 Å². The molecule has 1 aliphatic heterocycles. The van der Waals surface area contributed by atoms with E-state index in [1.54, 1.807) is 30.9 Å². The first kappa shape index (κ1) is 28.3. The molecule has 2 rings (SSSR count). The van der Waals surface area contributed by atoms with Crippen LogP contribution < -0.4 is 5.32 Å². The van der Waals surface area contributed by atoms with Crippen LogP contribution >= 0.6 is 0 Å². The van der Waals surface area contributed by atoms with Crippen LogP contribution in [0.2, 0.25) is 0 Å². The van der Waals surface area contributed by atoms with Crippen LogP contribution in [0.5, 0.6) is 0 Å². The molecule has 1 fully saturated rings. The summed E-state index contributed by atoms with van der Waals surface area (Å²) in [4.78, 5) is 29.9. The number of carbonyl (C=O) groups excluding carboxylic acids is 2. The Kier molecular flexibility index (Phi) is 9.68. The molecule has 1 heterocycles. The summed E-state index contributed by atoms with van der Waals surface area (Å²) in [5.41, 5.74) is 1.12. The third-order valence-corrected chi connectivity index (χ3v) is 8.47. The zero-order valence-corrected chi connectivity index (χ0v) is 22.7. The molecule has 0 aliphatic carbocycles. The molecule has 1 aromatic carbocycles. The second-order valence-electron chi connectivity index (χ2n) is 10.3. The van der Waals surface area contributed by atoms with Gasteiger partial charge in [-0.25, -0.2) is 8.42 Å². The van der Waals surface area contributed by atoms with E-state index in [2.05, 4.69) is 24.1 Å². The molecule has 0 atom stereocenters. The molecule has 0 radical (unpaired) electrons. The Hall–Kier alpha value is -1.97. The van der Waals surface area contributed by atoms with Crippen LogP contribution in [-0.4, -0.2) is 87.7 Å². The van der Waals surface area contributed by atoms with Gasteiger partial charge in [-0.1, -0.05) is 33.8 Å². The van der Waals surface area contributed by atoms with E-state index in [1.165, 1.54) is 10.4 Å². The molecule has 192 valence electrons. The number of nitrogens with one attached hydrogen (secondary N) is 1. The Morgan fingerprint density at radius 2 is 1.71 bits per heavy atom. The van der Waals surface area contributed by atoms with Crippen LogP contribution in [0.4, 0.5) is 0 Å². The summed E-state index contributed by atoms with van der Waals surface area (Å²) in [5.74, 6) is -0.253. The van der Waals surface area contributed by atoms with E-state index in [1.807, 2.05) is 21.0 Å². The maximum Gasteiger partial charge on any atom is 0.254 e. The lowest BCUT2D eigenvalue weighted by Gasteiger charge is -2.33. The smallest absolute Gasteiger partial charge is 0.254 e. The van der Waals surface area contributed by atoms with Crippen molar-refractivity contribution in [1.82, 2.24) is 19.4 Å². The van der Waals surface area contributed by atoms with Crippen LogP contribution in [0.15, 0.2) is 23.1 Å². The molecule has 1 aliphatic rings. The van der Waals surface area contributed by atoms with E-state index in [4.69, 9.17) is 0 Å². The number of likely N-dealkylation sites (tertiary alicyclic amines) is 1. The molecule has 34 heavy (non-hydrogen) atoms. The third-order valence-electron chi connectivity index (χ3n) is 6.42. The summed E-state index contributed by atoms with van der Waals surface area (Å²) in [6.07, 6.45) is 1.20. The molecule has 0 aromatic heterocycles. The number of hydrogen-bond acceptors (Lipinski definition) is 5. The minimum absolute atomic E-state index is 0.0240. The normalized spacial score (nSPS) is 15.7. The van der Waals surface area contributed by atoms with Gasteiger partial charge in [-0.3, -0.25) is 9.59 Å². The van der Waals surface area contributed by atoms with Crippen molar-refractivity contribution in [3.63, 3.8) is 0 Å². The van der Waals surface area contributed by atoms with E-state index in [0.29, 0.717) is 51.1 Å². The molecule has 8 nitrogen and oxygen atoms in total. The third kappa shape index (κ3) is 7.02. The molecular formula is C25H42N4O4S. The Morgan fingerprint density at radius 3 is 2.24 bits per heavy atom. The second kappa shape index (κ2) is 11.6. The molecule has 0 saturated carbocycles. The van der Waals surface area contributed by atoms with Crippen LogP contribution in [0, 0.1) is 18.3 Å². The summed E-state index contributed by atoms with van der Waals surface area (Å²) < 4.78 is 27.2. The zero-order valence-electron chi connectivity index (χ0n) is 21.8. The first-order valence-corrected chi connectivity index (χ1v) is 13.6. The van der Waals surface area contributed by atoms with Crippen molar-refractivity contribution in [3.05, 3.63) is 29.3 Å². The number of nitrogens with zero attached hydrogens (tertiary/aromatic N) is 3. The number of rotatable bonds is 10. The van der Waals surface area contributed by atoms with Gasteiger partial charge in [0, 0.05) is 50.7 Å². The average Bonchev–Trinajstić information content (AvgIpc) is 2.77. The molecule has 0 spiro atoms. The van der Waals surface area contributed by atoms with E-state index >= 15 is 0 Å². The lowest BCUT2D eigenvalue weighted by molar-refractivity contribution is -0.126. The van der Waals surface area contributed by atoms with Gasteiger partial charge in [-0.05, 0) is 57.0 Å². The molecular weight excluding hydrogens is 452 g/mol. The lowest BCUT2D eigenvalue weighted by Crippen LogP contribution is -2.46. The van der Waals surface area contributed by atoms with Gasteiger partial charge in [-0.2, -0.15) is 4.31 Å². The first-order chi connectivity index (χ1) is 15.8. The standard InChI is InChI=1S/C25H42N4O4S/c1-8-29(9-2)34(32,33)21-11-10-19(3)22(16-21)24(31)28-14-12-20(13-15-28)23(30)26-17-25(4,5)18-27(6)7/h10-11,16,20H,8-9,12-15,17-18H2,1-7H3,(H,26,30). The minimum Gasteiger partial charge on any atom is -0.355 e. The lowest BCUT2D eigenvalue weighted by atomic mass is 9.91. The highest BCUT2D eigenvalue weighted by Gasteiger charge is 2.30. The van der Waals surface area contributed by atoms with Gasteiger partial charge < -0.3 is 15.1 Å². The highest BCUT2D eigenvalue weighted by atomic mass is 32.2. The second-order valence-corrected chi connectivity index (χ2v) is 12.2. The van der Waals surface area contributed by atoms with Gasteiger partial charge >= 0.3 is 0 Å². The predicted molar refractivity (Wildman–Crippen MR) is 135 cm³/mol. The average molecular weight is 495 g/mol. The van der Waals surface area contributed by atoms with Gasteiger partial charge in [-0.15, -0.1) is 0 Å². The van der Waals surface area contributed by atoms with Crippen molar-refractivity contribution in [3.8, 4) is 0 Å². The number of carbonyl (C=O) groups is 2. The summed E-state index contributed by atoms with van der Waals surface area (Å²) >= 11 is 0. The summed E-state index contributed by atoms with van der Waals surface area (Å²) in [7, 11) is 0.397. The molecule has 9 heteroatoms. The number of sulfonamides is 1. The molecule has 1 saturated heterocycles. The molecule has 1 aromatic rings.